The average molecular weight is 485 g/mol. The van der Waals surface area contributed by atoms with Crippen molar-refractivity contribution in [3.63, 3.8) is 0 Å². The number of aliphatic hydroxyl groups is 1. The highest BCUT2D eigenvalue weighted by Gasteiger charge is 2.15. The number of esters is 2. The van der Waals surface area contributed by atoms with Crippen molar-refractivity contribution < 1.29 is 28.9 Å². The molecule has 3 rings (SSSR count). The molecule has 3 aromatic carbocycles. The Morgan fingerprint density at radius 3 is 1.75 bits per heavy atom. The third-order valence-electron chi connectivity index (χ3n) is 5.11. The first-order valence-corrected chi connectivity index (χ1v) is 11.2. The molecular formula is C30H28O6. The van der Waals surface area contributed by atoms with E-state index in [4.69, 9.17) is 14.2 Å². The molecule has 0 spiro atoms. The van der Waals surface area contributed by atoms with Crippen LogP contribution in [0.25, 0.3) is 22.3 Å². The molecular weight excluding hydrogens is 456 g/mol. The Bertz CT molecular complexity index is 1320. The maximum atomic E-state index is 12.2. The van der Waals surface area contributed by atoms with E-state index in [1.54, 1.807) is 63.2 Å². The average Bonchev–Trinajstić information content (AvgIpc) is 2.85. The lowest BCUT2D eigenvalue weighted by Gasteiger charge is -2.15. The number of ether oxygens (including phenoxy) is 3. The van der Waals surface area contributed by atoms with E-state index in [1.165, 1.54) is 0 Å². The molecule has 3 aromatic rings. The number of hydrogen-bond acceptors (Lipinski definition) is 6. The molecule has 0 radical (unpaired) electrons. The second-order valence-electron chi connectivity index (χ2n) is 8.42. The van der Waals surface area contributed by atoms with Crippen LogP contribution in [0.3, 0.4) is 0 Å². The van der Waals surface area contributed by atoms with Crippen molar-refractivity contribution in [2.24, 2.45) is 0 Å². The molecule has 184 valence electrons. The summed E-state index contributed by atoms with van der Waals surface area (Å²) < 4.78 is 16.3. The Balaban J connectivity index is 1.96. The molecule has 1 atom stereocenters. The highest BCUT2D eigenvalue weighted by atomic mass is 16.6. The summed E-state index contributed by atoms with van der Waals surface area (Å²) in [5, 5.41) is 9.86. The normalized spacial score (nSPS) is 11.2. The van der Waals surface area contributed by atoms with Gasteiger partial charge in [-0.15, -0.1) is 0 Å². The van der Waals surface area contributed by atoms with Crippen LogP contribution in [0.1, 0.15) is 20.8 Å². The highest BCUT2D eigenvalue weighted by molar-refractivity contribution is 5.91. The van der Waals surface area contributed by atoms with Gasteiger partial charge in [-0.25, -0.2) is 9.59 Å². The third-order valence-corrected chi connectivity index (χ3v) is 5.11. The summed E-state index contributed by atoms with van der Waals surface area (Å²) in [5.41, 5.74) is 4.25. The summed E-state index contributed by atoms with van der Waals surface area (Å²) >= 11 is 0. The molecule has 0 aliphatic heterocycles. The maximum absolute atomic E-state index is 12.2. The minimum Gasteiger partial charge on any atom is -0.461 e. The van der Waals surface area contributed by atoms with Crippen LogP contribution < -0.4 is 14.2 Å². The minimum atomic E-state index is -1.08. The number of carbonyl (C=O) groups is 2. The fourth-order valence-corrected chi connectivity index (χ4v) is 3.06. The molecule has 0 amide bonds. The van der Waals surface area contributed by atoms with E-state index in [2.05, 4.69) is 19.7 Å². The molecule has 6 heteroatoms. The van der Waals surface area contributed by atoms with Crippen LogP contribution in [0.4, 0.5) is 0 Å². The van der Waals surface area contributed by atoms with Crippen LogP contribution in [0.5, 0.6) is 17.2 Å². The van der Waals surface area contributed by atoms with E-state index in [0.717, 1.165) is 16.7 Å². The zero-order valence-electron chi connectivity index (χ0n) is 20.5. The van der Waals surface area contributed by atoms with Gasteiger partial charge < -0.3 is 19.3 Å². The van der Waals surface area contributed by atoms with Gasteiger partial charge in [0.15, 0.2) is 0 Å². The standard InChI is InChI=1S/C30H28O6/c1-18(2)28(31)34-24-12-7-21(8-13-24)23-11-16-27(36-30(33)20(5)6)26(17-23)22-9-14-25(15-10-22)35-29(32)19(3)4/h7-17,28,31H,1,3,5H2,2,4,6H3. The molecule has 36 heavy (non-hydrogen) atoms. The van der Waals surface area contributed by atoms with Crippen molar-refractivity contribution in [3.8, 4) is 39.5 Å². The summed E-state index contributed by atoms with van der Waals surface area (Å²) in [6.07, 6.45) is -1.08. The van der Waals surface area contributed by atoms with Gasteiger partial charge in [0.2, 0.25) is 6.29 Å². The molecule has 1 unspecified atom stereocenters. The first-order chi connectivity index (χ1) is 17.0. The van der Waals surface area contributed by atoms with Crippen LogP contribution in [0.15, 0.2) is 103 Å². The van der Waals surface area contributed by atoms with Crippen molar-refractivity contribution in [2.75, 3.05) is 0 Å². The van der Waals surface area contributed by atoms with Crippen molar-refractivity contribution in [1.29, 1.82) is 0 Å². The van der Waals surface area contributed by atoms with Gasteiger partial charge >= 0.3 is 11.9 Å². The van der Waals surface area contributed by atoms with Crippen LogP contribution >= 0.6 is 0 Å². The molecule has 1 N–H and O–H groups in total. The van der Waals surface area contributed by atoms with Crippen molar-refractivity contribution in [2.45, 2.75) is 27.1 Å². The van der Waals surface area contributed by atoms with E-state index in [1.807, 2.05) is 24.3 Å². The SMILES string of the molecule is C=C(C)C(=O)Oc1ccc(-c2cc(-c3ccc(OC(O)C(=C)C)cc3)ccc2OC(=O)C(=C)C)cc1. The monoisotopic (exact) mass is 484 g/mol. The molecule has 0 bridgehead atoms. The van der Waals surface area contributed by atoms with Crippen LogP contribution in [-0.4, -0.2) is 23.3 Å². The van der Waals surface area contributed by atoms with Gasteiger partial charge in [0, 0.05) is 16.7 Å². The van der Waals surface area contributed by atoms with Crippen molar-refractivity contribution in [1.82, 2.24) is 0 Å². The molecule has 0 aliphatic rings. The largest absolute Gasteiger partial charge is 0.461 e. The Hall–Kier alpha value is -4.42. The second-order valence-corrected chi connectivity index (χ2v) is 8.42. The number of benzene rings is 3. The van der Waals surface area contributed by atoms with E-state index < -0.39 is 18.2 Å². The Morgan fingerprint density at radius 2 is 1.19 bits per heavy atom. The Morgan fingerprint density at radius 1 is 0.694 bits per heavy atom. The van der Waals surface area contributed by atoms with Gasteiger partial charge in [-0.2, -0.15) is 0 Å². The van der Waals surface area contributed by atoms with E-state index >= 15 is 0 Å². The predicted octanol–water partition coefficient (Wildman–Crippen LogP) is 6.26. The Labute approximate surface area is 210 Å². The summed E-state index contributed by atoms with van der Waals surface area (Å²) in [7, 11) is 0. The van der Waals surface area contributed by atoms with Gasteiger partial charge in [-0.05, 0) is 79.4 Å². The lowest BCUT2D eigenvalue weighted by atomic mass is 9.98. The molecule has 0 fully saturated rings. The maximum Gasteiger partial charge on any atom is 0.338 e. The lowest BCUT2D eigenvalue weighted by molar-refractivity contribution is -0.130. The van der Waals surface area contributed by atoms with Gasteiger partial charge in [-0.1, -0.05) is 50.1 Å². The van der Waals surface area contributed by atoms with Gasteiger partial charge in [-0.3, -0.25) is 0 Å². The zero-order chi connectivity index (χ0) is 26.4. The van der Waals surface area contributed by atoms with Crippen molar-refractivity contribution in [3.05, 3.63) is 103 Å². The summed E-state index contributed by atoms with van der Waals surface area (Å²) in [5.74, 6) is 0.192. The van der Waals surface area contributed by atoms with Crippen LogP contribution in [-0.2, 0) is 9.59 Å². The fraction of sp³-hybridized carbons (Fsp3) is 0.133. The van der Waals surface area contributed by atoms with Crippen molar-refractivity contribution >= 4 is 11.9 Å². The van der Waals surface area contributed by atoms with E-state index in [-0.39, 0.29) is 5.57 Å². The molecule has 0 aliphatic carbocycles. The highest BCUT2D eigenvalue weighted by Crippen LogP contribution is 2.36. The van der Waals surface area contributed by atoms with E-state index in [9.17, 15) is 14.7 Å². The van der Waals surface area contributed by atoms with Crippen LogP contribution in [0, 0.1) is 0 Å². The number of aliphatic hydroxyl groups excluding tert-OH is 1. The Kier molecular flexibility index (Phi) is 8.25. The second kappa shape index (κ2) is 11.3. The fourth-order valence-electron chi connectivity index (χ4n) is 3.06. The molecule has 6 nitrogen and oxygen atoms in total. The smallest absolute Gasteiger partial charge is 0.338 e. The predicted molar refractivity (Wildman–Crippen MR) is 140 cm³/mol. The van der Waals surface area contributed by atoms with Crippen LogP contribution in [0.2, 0.25) is 0 Å². The van der Waals surface area contributed by atoms with Gasteiger partial charge in [0.25, 0.3) is 0 Å². The summed E-state index contributed by atoms with van der Waals surface area (Å²) in [6.45, 7) is 15.7. The zero-order valence-corrected chi connectivity index (χ0v) is 20.5. The molecule has 0 saturated carbocycles. The van der Waals surface area contributed by atoms with E-state index in [0.29, 0.717) is 34.0 Å². The lowest BCUT2D eigenvalue weighted by Crippen LogP contribution is -2.15. The molecule has 0 heterocycles. The minimum absolute atomic E-state index is 0.277. The topological polar surface area (TPSA) is 82.1 Å². The molecule has 0 aromatic heterocycles. The number of carbonyl (C=O) groups excluding carboxylic acids is 2. The number of rotatable bonds is 9. The first-order valence-electron chi connectivity index (χ1n) is 11.2. The van der Waals surface area contributed by atoms with Gasteiger partial charge in [0.05, 0.1) is 0 Å². The quantitative estimate of drug-likeness (QED) is 0.127. The van der Waals surface area contributed by atoms with Gasteiger partial charge in [0.1, 0.15) is 17.2 Å². The third kappa shape index (κ3) is 6.58. The summed E-state index contributed by atoms with van der Waals surface area (Å²) in [4.78, 5) is 24.0. The first kappa shape index (κ1) is 26.2. The number of hydrogen-bond donors (Lipinski definition) is 1. The summed E-state index contributed by atoms with van der Waals surface area (Å²) in [6, 6.07) is 19.5. The molecule has 0 saturated heterocycles.